The molecule has 2 aliphatic heterocycles. The maximum Gasteiger partial charge on any atom is 0.125 e. The van der Waals surface area contributed by atoms with Gasteiger partial charge in [-0.05, 0) is 63.5 Å². The van der Waals surface area contributed by atoms with Crippen LogP contribution < -0.4 is 0 Å². The molecule has 2 fully saturated rings. The van der Waals surface area contributed by atoms with Crippen LogP contribution in [-0.2, 0) is 20.2 Å². The smallest absolute Gasteiger partial charge is 0.125 e. The van der Waals surface area contributed by atoms with Crippen LogP contribution in [-0.4, -0.2) is 88.3 Å². The number of benzene rings is 2. The Bertz CT molecular complexity index is 1170. The number of unbranched alkanes of at least 4 members (excludes halogenated alkanes) is 2. The van der Waals surface area contributed by atoms with Crippen LogP contribution in [0.4, 0.5) is 0 Å². The van der Waals surface area contributed by atoms with Gasteiger partial charge in [0.15, 0.2) is 0 Å². The lowest BCUT2D eigenvalue weighted by atomic mass is 10.1. The molecule has 40 heavy (non-hydrogen) atoms. The molecule has 0 amide bonds. The first kappa shape index (κ1) is 34.6. The zero-order valence-corrected chi connectivity index (χ0v) is 26.6. The van der Waals surface area contributed by atoms with Crippen molar-refractivity contribution in [1.29, 1.82) is 0 Å². The molecule has 0 saturated carbocycles. The van der Waals surface area contributed by atoms with Crippen LogP contribution in [0.2, 0.25) is 0 Å². The van der Waals surface area contributed by atoms with Crippen molar-refractivity contribution in [1.82, 2.24) is 0 Å². The Morgan fingerprint density at radius 2 is 0.925 bits per heavy atom. The van der Waals surface area contributed by atoms with E-state index in [1.165, 1.54) is 137 Å². The standard InChI is InChI=1S/2C10H22N.C10H8O6S2/c2*1-3-4-8-11(2)9-6-5-7-10-11;11-17(12,13)9-5-1-3-7-8(9)4-2-6-10(7)18(14,15)16/h2*3-10H2,1-2H3;1-6H,(H,11,12,13)(H,14,15,16)/q2*+1;/p-2. The molecule has 2 heterocycles. The Hall–Kier alpha value is -1.56. The van der Waals surface area contributed by atoms with Gasteiger partial charge in [0, 0.05) is 10.8 Å². The zero-order chi connectivity index (χ0) is 29.9. The highest BCUT2D eigenvalue weighted by molar-refractivity contribution is 7.86. The minimum absolute atomic E-state index is 0.0792. The van der Waals surface area contributed by atoms with Crippen molar-refractivity contribution in [2.24, 2.45) is 0 Å². The van der Waals surface area contributed by atoms with E-state index in [0.29, 0.717) is 0 Å². The van der Waals surface area contributed by atoms with Gasteiger partial charge in [-0.15, -0.1) is 0 Å². The second-order valence-corrected chi connectivity index (χ2v) is 14.6. The van der Waals surface area contributed by atoms with Crippen LogP contribution in [0, 0.1) is 0 Å². The van der Waals surface area contributed by atoms with Gasteiger partial charge in [0.2, 0.25) is 0 Å². The van der Waals surface area contributed by atoms with Gasteiger partial charge in [0.1, 0.15) is 20.2 Å². The number of piperidine rings is 2. The van der Waals surface area contributed by atoms with Gasteiger partial charge in [-0.25, -0.2) is 16.8 Å². The molecule has 2 aromatic rings. The quantitative estimate of drug-likeness (QED) is 0.294. The summed E-state index contributed by atoms with van der Waals surface area (Å²) in [7, 11) is -4.63. The molecule has 0 spiro atoms. The number of quaternary nitrogens is 2. The number of hydrogen-bond donors (Lipinski definition) is 0. The number of likely N-dealkylation sites (tertiary alicyclic amines) is 2. The van der Waals surface area contributed by atoms with Crippen LogP contribution in [0.25, 0.3) is 10.8 Å². The summed E-state index contributed by atoms with van der Waals surface area (Å²) < 4.78 is 68.9. The fourth-order valence-electron chi connectivity index (χ4n) is 5.77. The maximum absolute atomic E-state index is 11.0. The Balaban J connectivity index is 0.000000222. The van der Waals surface area contributed by atoms with Gasteiger partial charge >= 0.3 is 0 Å². The van der Waals surface area contributed by atoms with Crippen molar-refractivity contribution in [2.75, 3.05) is 53.4 Å². The van der Waals surface area contributed by atoms with Crippen LogP contribution in [0.1, 0.15) is 78.1 Å². The summed E-state index contributed by atoms with van der Waals surface area (Å²) in [5.74, 6) is 0. The fraction of sp³-hybridized carbons (Fsp3) is 0.667. The first-order valence-electron chi connectivity index (χ1n) is 14.9. The summed E-state index contributed by atoms with van der Waals surface area (Å²) in [6.07, 6.45) is 14.3. The molecule has 0 N–H and O–H groups in total. The summed E-state index contributed by atoms with van der Waals surface area (Å²) in [6, 6.07) is 7.09. The van der Waals surface area contributed by atoms with Crippen LogP contribution >= 0.6 is 0 Å². The summed E-state index contributed by atoms with van der Waals surface area (Å²) in [6.45, 7) is 13.1. The van der Waals surface area contributed by atoms with E-state index in [2.05, 4.69) is 27.9 Å². The van der Waals surface area contributed by atoms with Crippen molar-refractivity contribution < 1.29 is 34.9 Å². The molecule has 2 aromatic carbocycles. The first-order valence-corrected chi connectivity index (χ1v) is 17.7. The third-order valence-corrected chi connectivity index (χ3v) is 10.1. The molecule has 4 rings (SSSR count). The Morgan fingerprint density at radius 1 is 0.600 bits per heavy atom. The Morgan fingerprint density at radius 3 is 1.20 bits per heavy atom. The van der Waals surface area contributed by atoms with Gasteiger partial charge in [-0.3, -0.25) is 0 Å². The van der Waals surface area contributed by atoms with Crippen molar-refractivity contribution >= 4 is 31.0 Å². The average molecular weight is 599 g/mol. The lowest BCUT2D eigenvalue weighted by Gasteiger charge is -2.37. The second-order valence-electron chi connectivity index (χ2n) is 11.9. The summed E-state index contributed by atoms with van der Waals surface area (Å²) in [4.78, 5) is -1.10. The van der Waals surface area contributed by atoms with E-state index in [-0.39, 0.29) is 10.8 Å². The fourth-order valence-corrected chi connectivity index (χ4v) is 7.15. The molecule has 228 valence electrons. The summed E-state index contributed by atoms with van der Waals surface area (Å²) in [5, 5.41) is -0.158. The van der Waals surface area contributed by atoms with Crippen molar-refractivity contribution in [2.45, 2.75) is 87.8 Å². The van der Waals surface area contributed by atoms with Crippen molar-refractivity contribution in [3.05, 3.63) is 36.4 Å². The van der Waals surface area contributed by atoms with E-state index in [1.807, 2.05) is 0 Å². The summed E-state index contributed by atoms with van der Waals surface area (Å²) >= 11 is 0. The molecule has 0 aliphatic carbocycles. The lowest BCUT2D eigenvalue weighted by molar-refractivity contribution is -0.914. The van der Waals surface area contributed by atoms with E-state index < -0.39 is 30.0 Å². The average Bonchev–Trinajstić information content (AvgIpc) is 2.91. The minimum Gasteiger partial charge on any atom is -0.744 e. The van der Waals surface area contributed by atoms with Crippen LogP contribution in [0.3, 0.4) is 0 Å². The molecule has 2 saturated heterocycles. The SMILES string of the molecule is CCCC[N+]1(C)CCCCC1.CCCC[N+]1(C)CCCCC1.O=S(=O)([O-])c1cccc2c(S(=O)(=O)[O-])cccc12. The van der Waals surface area contributed by atoms with Crippen LogP contribution in [0.15, 0.2) is 46.2 Å². The highest BCUT2D eigenvalue weighted by Crippen LogP contribution is 2.28. The van der Waals surface area contributed by atoms with Gasteiger partial charge in [0.25, 0.3) is 0 Å². The highest BCUT2D eigenvalue weighted by Gasteiger charge is 2.24. The molecule has 0 aromatic heterocycles. The normalized spacial score (nSPS) is 18.6. The van der Waals surface area contributed by atoms with E-state index in [1.54, 1.807) is 0 Å². The van der Waals surface area contributed by atoms with Crippen molar-refractivity contribution in [3.63, 3.8) is 0 Å². The molecular formula is C30H50N2O6S2. The van der Waals surface area contributed by atoms with Gasteiger partial charge in [-0.2, -0.15) is 0 Å². The van der Waals surface area contributed by atoms with Crippen LogP contribution in [0.5, 0.6) is 0 Å². The molecule has 10 heteroatoms. The first-order chi connectivity index (χ1) is 18.7. The van der Waals surface area contributed by atoms with E-state index in [9.17, 15) is 25.9 Å². The predicted molar refractivity (Wildman–Crippen MR) is 159 cm³/mol. The Labute approximate surface area is 243 Å². The molecule has 0 unspecified atom stereocenters. The molecule has 0 bridgehead atoms. The van der Waals surface area contributed by atoms with E-state index in [4.69, 9.17) is 0 Å². The second kappa shape index (κ2) is 15.6. The van der Waals surface area contributed by atoms with E-state index in [0.717, 1.165) is 12.1 Å². The molecule has 2 aliphatic rings. The van der Waals surface area contributed by atoms with Crippen molar-refractivity contribution in [3.8, 4) is 0 Å². The minimum atomic E-state index is -4.74. The summed E-state index contributed by atoms with van der Waals surface area (Å²) in [5.41, 5.74) is 0. The monoisotopic (exact) mass is 598 g/mol. The molecular weight excluding hydrogens is 548 g/mol. The molecule has 0 atom stereocenters. The molecule has 0 radical (unpaired) electrons. The molecule has 8 nitrogen and oxygen atoms in total. The zero-order valence-electron chi connectivity index (χ0n) is 24.9. The van der Waals surface area contributed by atoms with Gasteiger partial charge in [0.05, 0.1) is 63.2 Å². The number of hydrogen-bond acceptors (Lipinski definition) is 6. The third-order valence-electron chi connectivity index (χ3n) is 8.28. The predicted octanol–water partition coefficient (Wildman–Crippen LogP) is 5.48. The topological polar surface area (TPSA) is 114 Å². The van der Waals surface area contributed by atoms with Gasteiger partial charge in [-0.1, -0.05) is 51.0 Å². The van der Waals surface area contributed by atoms with E-state index >= 15 is 0 Å². The largest absolute Gasteiger partial charge is 0.744 e. The Kier molecular flexibility index (Phi) is 13.5. The number of nitrogens with zero attached hydrogens (tertiary/aromatic N) is 2. The maximum atomic E-state index is 11.0. The number of rotatable bonds is 8. The van der Waals surface area contributed by atoms with Gasteiger partial charge < -0.3 is 18.1 Å². The highest BCUT2D eigenvalue weighted by atomic mass is 32.2. The third kappa shape index (κ3) is 11.0. The number of fused-ring (bicyclic) bond motifs is 1. The lowest BCUT2D eigenvalue weighted by Crippen LogP contribution is -2.48.